The summed E-state index contributed by atoms with van der Waals surface area (Å²) in [6.45, 7) is 2.35. The number of likely N-dealkylation sites (tertiary alicyclic amines) is 1. The number of nitrogens with two attached hydrogens (primary N) is 1. The predicted molar refractivity (Wildman–Crippen MR) is 76.8 cm³/mol. The van der Waals surface area contributed by atoms with Crippen molar-refractivity contribution in [2.75, 3.05) is 12.3 Å². The Hall–Kier alpha value is -2.30. The number of carbonyl (C=O) groups excluding carboxylic acids is 1. The number of carbonyl (C=O) groups is 1. The zero-order valence-corrected chi connectivity index (χ0v) is 11.5. The number of imidazole rings is 1. The fourth-order valence-electron chi connectivity index (χ4n) is 3.19. The maximum Gasteiger partial charge on any atom is 0.220 e. The molecule has 1 aliphatic rings. The van der Waals surface area contributed by atoms with Gasteiger partial charge in [0.1, 0.15) is 17.2 Å². The number of rotatable bonds is 2. The van der Waals surface area contributed by atoms with Gasteiger partial charge in [0.25, 0.3) is 0 Å². The van der Waals surface area contributed by atoms with Gasteiger partial charge >= 0.3 is 0 Å². The largest absolute Gasteiger partial charge is 0.384 e. The van der Waals surface area contributed by atoms with Crippen LogP contribution >= 0.6 is 0 Å². The summed E-state index contributed by atoms with van der Waals surface area (Å²) >= 11 is 0. The standard InChI is InChI=1S/C15H18N4O/c1-11(20)19-9-5-8-15(19,12-6-3-2-4-7-12)14-17-10-13(16)18-14/h2-4,6-7,10H,5,8-9,16H2,1H3,(H,17,18). The van der Waals surface area contributed by atoms with Crippen LogP contribution in [-0.4, -0.2) is 27.3 Å². The average Bonchev–Trinajstić information content (AvgIpc) is 3.06. The van der Waals surface area contributed by atoms with Gasteiger partial charge in [-0.05, 0) is 18.4 Å². The Morgan fingerprint density at radius 1 is 1.40 bits per heavy atom. The lowest BCUT2D eigenvalue weighted by molar-refractivity contribution is -0.132. The predicted octanol–water partition coefficient (Wildman–Crippen LogP) is 1.88. The van der Waals surface area contributed by atoms with Crippen LogP contribution in [0, 0.1) is 0 Å². The second-order valence-corrected chi connectivity index (χ2v) is 5.19. The first-order valence-electron chi connectivity index (χ1n) is 6.79. The third-order valence-corrected chi connectivity index (χ3v) is 4.00. The second-order valence-electron chi connectivity index (χ2n) is 5.19. The zero-order valence-electron chi connectivity index (χ0n) is 11.5. The van der Waals surface area contributed by atoms with Gasteiger partial charge in [-0.2, -0.15) is 0 Å². The zero-order chi connectivity index (χ0) is 14.2. The Balaban J connectivity index is 2.20. The number of benzene rings is 1. The van der Waals surface area contributed by atoms with Crippen LogP contribution in [0.1, 0.15) is 31.2 Å². The van der Waals surface area contributed by atoms with E-state index >= 15 is 0 Å². The summed E-state index contributed by atoms with van der Waals surface area (Å²) in [7, 11) is 0. The number of aromatic amines is 1. The van der Waals surface area contributed by atoms with Crippen LogP contribution in [0.4, 0.5) is 5.82 Å². The lowest BCUT2D eigenvalue weighted by Crippen LogP contribution is -2.45. The molecule has 2 aromatic rings. The van der Waals surface area contributed by atoms with E-state index in [2.05, 4.69) is 9.97 Å². The van der Waals surface area contributed by atoms with E-state index in [0.29, 0.717) is 5.82 Å². The minimum absolute atomic E-state index is 0.0568. The molecule has 5 nitrogen and oxygen atoms in total. The molecule has 1 atom stereocenters. The topological polar surface area (TPSA) is 75.0 Å². The minimum atomic E-state index is -0.523. The molecule has 104 valence electrons. The SMILES string of the molecule is CC(=O)N1CCCC1(c1ccccc1)c1ncc(N)[nH]1. The van der Waals surface area contributed by atoms with Gasteiger partial charge in [-0.25, -0.2) is 4.98 Å². The minimum Gasteiger partial charge on any atom is -0.384 e. The summed E-state index contributed by atoms with van der Waals surface area (Å²) in [4.78, 5) is 21.5. The van der Waals surface area contributed by atoms with Crippen molar-refractivity contribution in [1.29, 1.82) is 0 Å². The molecular formula is C15H18N4O. The third-order valence-electron chi connectivity index (χ3n) is 4.00. The smallest absolute Gasteiger partial charge is 0.220 e. The Morgan fingerprint density at radius 2 is 2.15 bits per heavy atom. The van der Waals surface area contributed by atoms with Gasteiger partial charge < -0.3 is 15.6 Å². The van der Waals surface area contributed by atoms with Gasteiger partial charge in [-0.15, -0.1) is 0 Å². The van der Waals surface area contributed by atoms with Gasteiger partial charge in [0.05, 0.1) is 6.20 Å². The third kappa shape index (κ3) is 1.78. The second kappa shape index (κ2) is 4.67. The first kappa shape index (κ1) is 12.7. The van der Waals surface area contributed by atoms with E-state index in [9.17, 15) is 4.79 Å². The van der Waals surface area contributed by atoms with Gasteiger partial charge in [-0.1, -0.05) is 30.3 Å². The van der Waals surface area contributed by atoms with Crippen molar-refractivity contribution in [3.8, 4) is 0 Å². The molecule has 1 amide bonds. The quantitative estimate of drug-likeness (QED) is 0.875. The number of amides is 1. The number of aromatic nitrogens is 2. The fraction of sp³-hybridized carbons (Fsp3) is 0.333. The van der Waals surface area contributed by atoms with Crippen molar-refractivity contribution >= 4 is 11.7 Å². The molecule has 1 fully saturated rings. The summed E-state index contributed by atoms with van der Waals surface area (Å²) in [5.41, 5.74) is 6.33. The molecule has 3 N–H and O–H groups in total. The summed E-state index contributed by atoms with van der Waals surface area (Å²) < 4.78 is 0. The molecule has 0 spiro atoms. The van der Waals surface area contributed by atoms with Crippen molar-refractivity contribution < 1.29 is 4.79 Å². The van der Waals surface area contributed by atoms with Crippen LogP contribution in [0.3, 0.4) is 0 Å². The molecule has 3 rings (SSSR count). The Kier molecular flexibility index (Phi) is 2.97. The van der Waals surface area contributed by atoms with Gasteiger partial charge in [0, 0.05) is 13.5 Å². The Morgan fingerprint density at radius 3 is 2.75 bits per heavy atom. The number of nitrogen functional groups attached to an aromatic ring is 1. The van der Waals surface area contributed by atoms with Crippen LogP contribution in [-0.2, 0) is 10.3 Å². The van der Waals surface area contributed by atoms with Crippen molar-refractivity contribution in [2.24, 2.45) is 0 Å². The number of hydrogen-bond acceptors (Lipinski definition) is 3. The van der Waals surface area contributed by atoms with Crippen molar-refractivity contribution in [2.45, 2.75) is 25.3 Å². The summed E-state index contributed by atoms with van der Waals surface area (Å²) in [5.74, 6) is 1.32. The van der Waals surface area contributed by atoms with E-state index in [1.54, 1.807) is 13.1 Å². The molecule has 0 aliphatic carbocycles. The van der Waals surface area contributed by atoms with Gasteiger partial charge in [0.2, 0.25) is 5.91 Å². The van der Waals surface area contributed by atoms with Crippen molar-refractivity contribution in [1.82, 2.24) is 14.9 Å². The Labute approximate surface area is 117 Å². The molecular weight excluding hydrogens is 252 g/mol. The molecule has 5 heteroatoms. The molecule has 2 heterocycles. The van der Waals surface area contributed by atoms with Crippen LogP contribution < -0.4 is 5.73 Å². The lowest BCUT2D eigenvalue weighted by atomic mass is 9.86. The molecule has 1 aliphatic heterocycles. The molecule has 1 aromatic heterocycles. The van der Waals surface area contributed by atoms with Crippen LogP contribution in [0.15, 0.2) is 36.5 Å². The lowest BCUT2D eigenvalue weighted by Gasteiger charge is -2.37. The Bertz CT molecular complexity index is 622. The molecule has 0 bridgehead atoms. The van der Waals surface area contributed by atoms with Crippen LogP contribution in [0.2, 0.25) is 0 Å². The van der Waals surface area contributed by atoms with Crippen molar-refractivity contribution in [3.05, 3.63) is 47.9 Å². The number of nitrogens with zero attached hydrogens (tertiary/aromatic N) is 2. The van der Waals surface area contributed by atoms with Gasteiger partial charge in [0.15, 0.2) is 0 Å². The van der Waals surface area contributed by atoms with Crippen LogP contribution in [0.5, 0.6) is 0 Å². The monoisotopic (exact) mass is 270 g/mol. The first-order chi connectivity index (χ1) is 9.64. The number of hydrogen-bond donors (Lipinski definition) is 2. The highest BCUT2D eigenvalue weighted by Gasteiger charge is 2.47. The van der Waals surface area contributed by atoms with E-state index in [4.69, 9.17) is 5.73 Å². The summed E-state index contributed by atoms with van der Waals surface area (Å²) in [6.07, 6.45) is 3.41. The van der Waals surface area contributed by atoms with E-state index in [1.165, 1.54) is 0 Å². The molecule has 0 radical (unpaired) electrons. The van der Waals surface area contributed by atoms with Crippen LogP contribution in [0.25, 0.3) is 0 Å². The van der Waals surface area contributed by atoms with E-state index in [1.807, 2.05) is 35.2 Å². The van der Waals surface area contributed by atoms with E-state index in [0.717, 1.165) is 30.8 Å². The maximum absolute atomic E-state index is 12.1. The number of anilines is 1. The first-order valence-corrected chi connectivity index (χ1v) is 6.79. The molecule has 1 unspecified atom stereocenters. The number of H-pyrrole nitrogens is 1. The molecule has 1 saturated heterocycles. The van der Waals surface area contributed by atoms with Crippen molar-refractivity contribution in [3.63, 3.8) is 0 Å². The van der Waals surface area contributed by atoms with E-state index in [-0.39, 0.29) is 5.91 Å². The molecule has 1 aromatic carbocycles. The normalized spacial score (nSPS) is 22.1. The summed E-state index contributed by atoms with van der Waals surface area (Å²) in [5, 5.41) is 0. The highest BCUT2D eigenvalue weighted by atomic mass is 16.2. The highest BCUT2D eigenvalue weighted by molar-refractivity contribution is 5.75. The molecule has 20 heavy (non-hydrogen) atoms. The van der Waals surface area contributed by atoms with Gasteiger partial charge in [-0.3, -0.25) is 4.79 Å². The molecule has 0 saturated carbocycles. The summed E-state index contributed by atoms with van der Waals surface area (Å²) in [6, 6.07) is 10.0. The fourth-order valence-corrected chi connectivity index (χ4v) is 3.19. The van der Waals surface area contributed by atoms with E-state index < -0.39 is 5.54 Å². The average molecular weight is 270 g/mol. The highest BCUT2D eigenvalue weighted by Crippen LogP contribution is 2.43. The number of nitrogens with one attached hydrogen (secondary N) is 1. The maximum atomic E-state index is 12.1.